The molecule has 1 aromatic rings. The molecule has 0 saturated heterocycles. The molecule has 94 valence electrons. The molecular weight excluding hydrogens is 224 g/mol. The largest absolute Gasteiger partial charge is 0.481 e. The van der Waals surface area contributed by atoms with E-state index in [1.54, 1.807) is 24.9 Å². The van der Waals surface area contributed by atoms with Crippen molar-refractivity contribution in [2.45, 2.75) is 25.8 Å². The highest BCUT2D eigenvalue weighted by Gasteiger charge is 2.09. The minimum atomic E-state index is -0.869. The van der Waals surface area contributed by atoms with Gasteiger partial charge in [-0.05, 0) is 13.3 Å². The fourth-order valence-corrected chi connectivity index (χ4v) is 1.29. The molecule has 1 atom stereocenters. The van der Waals surface area contributed by atoms with Crippen LogP contribution in [0, 0.1) is 0 Å². The summed E-state index contributed by atoms with van der Waals surface area (Å²) in [5.41, 5.74) is 0.593. The van der Waals surface area contributed by atoms with Crippen molar-refractivity contribution in [3.8, 4) is 0 Å². The molecule has 3 N–H and O–H groups in total. The molecule has 1 unspecified atom stereocenters. The van der Waals surface area contributed by atoms with Crippen molar-refractivity contribution in [3.63, 3.8) is 0 Å². The highest BCUT2D eigenvalue weighted by molar-refractivity contribution is 5.89. The summed E-state index contributed by atoms with van der Waals surface area (Å²) in [4.78, 5) is 21.8. The van der Waals surface area contributed by atoms with Crippen LogP contribution in [0.1, 0.15) is 19.8 Å². The number of aryl methyl sites for hydroxylation is 1. The van der Waals surface area contributed by atoms with Crippen molar-refractivity contribution in [2.24, 2.45) is 7.05 Å². The van der Waals surface area contributed by atoms with Gasteiger partial charge in [-0.3, -0.25) is 9.48 Å². The van der Waals surface area contributed by atoms with E-state index in [9.17, 15) is 9.59 Å². The molecule has 0 aliphatic rings. The fraction of sp³-hybridized carbons (Fsp3) is 0.500. The van der Waals surface area contributed by atoms with Crippen LogP contribution >= 0.6 is 0 Å². The van der Waals surface area contributed by atoms with Gasteiger partial charge in [0, 0.05) is 25.7 Å². The van der Waals surface area contributed by atoms with Crippen LogP contribution in [-0.2, 0) is 11.8 Å². The number of nitrogens with one attached hydrogen (secondary N) is 2. The minimum Gasteiger partial charge on any atom is -0.481 e. The van der Waals surface area contributed by atoms with E-state index in [1.807, 2.05) is 0 Å². The zero-order valence-electron chi connectivity index (χ0n) is 9.80. The van der Waals surface area contributed by atoms with Gasteiger partial charge in [-0.25, -0.2) is 4.79 Å². The van der Waals surface area contributed by atoms with E-state index in [1.165, 1.54) is 6.20 Å². The number of carbonyl (C=O) groups excluding carboxylic acids is 1. The first kappa shape index (κ1) is 13.0. The second kappa shape index (κ2) is 5.88. The van der Waals surface area contributed by atoms with Crippen molar-refractivity contribution in [3.05, 3.63) is 12.4 Å². The van der Waals surface area contributed by atoms with Gasteiger partial charge in [0.05, 0.1) is 11.9 Å². The van der Waals surface area contributed by atoms with Crippen LogP contribution in [0.5, 0.6) is 0 Å². The number of carboxylic acid groups (broad SMARTS) is 1. The lowest BCUT2D eigenvalue weighted by Crippen LogP contribution is -2.36. The molecule has 1 aromatic heterocycles. The van der Waals surface area contributed by atoms with Gasteiger partial charge in [0.1, 0.15) is 0 Å². The molecule has 0 fully saturated rings. The van der Waals surface area contributed by atoms with Crippen LogP contribution in [0.4, 0.5) is 10.5 Å². The summed E-state index contributed by atoms with van der Waals surface area (Å²) in [6.07, 6.45) is 3.63. The lowest BCUT2D eigenvalue weighted by molar-refractivity contribution is -0.137. The number of carboxylic acids is 1. The molecule has 0 aromatic carbocycles. The first-order chi connectivity index (χ1) is 7.97. The van der Waals surface area contributed by atoms with Crippen LogP contribution in [0.25, 0.3) is 0 Å². The van der Waals surface area contributed by atoms with Gasteiger partial charge in [-0.1, -0.05) is 0 Å². The fourth-order valence-electron chi connectivity index (χ4n) is 1.29. The Morgan fingerprint density at radius 3 is 2.82 bits per heavy atom. The average Bonchev–Trinajstić information content (AvgIpc) is 2.60. The number of anilines is 1. The van der Waals surface area contributed by atoms with Crippen LogP contribution in [-0.4, -0.2) is 32.9 Å². The van der Waals surface area contributed by atoms with Gasteiger partial charge >= 0.3 is 12.0 Å². The molecule has 1 heterocycles. The third kappa shape index (κ3) is 5.01. The summed E-state index contributed by atoms with van der Waals surface area (Å²) >= 11 is 0. The Balaban J connectivity index is 2.31. The van der Waals surface area contributed by atoms with E-state index in [0.717, 1.165) is 0 Å². The van der Waals surface area contributed by atoms with Crippen LogP contribution in [0.2, 0.25) is 0 Å². The van der Waals surface area contributed by atoms with E-state index >= 15 is 0 Å². The Labute approximate surface area is 98.8 Å². The topological polar surface area (TPSA) is 96.2 Å². The van der Waals surface area contributed by atoms with Gasteiger partial charge in [0.2, 0.25) is 0 Å². The molecule has 1 rings (SSSR count). The van der Waals surface area contributed by atoms with E-state index in [2.05, 4.69) is 15.7 Å². The Hall–Kier alpha value is -2.05. The summed E-state index contributed by atoms with van der Waals surface area (Å²) in [7, 11) is 1.75. The Morgan fingerprint density at radius 1 is 1.59 bits per heavy atom. The van der Waals surface area contributed by atoms with E-state index in [0.29, 0.717) is 12.1 Å². The van der Waals surface area contributed by atoms with E-state index in [4.69, 9.17) is 5.11 Å². The van der Waals surface area contributed by atoms with Gasteiger partial charge in [-0.2, -0.15) is 5.10 Å². The van der Waals surface area contributed by atoms with Gasteiger partial charge in [-0.15, -0.1) is 0 Å². The summed E-state index contributed by atoms with van der Waals surface area (Å²) in [5.74, 6) is -0.869. The van der Waals surface area contributed by atoms with Crippen molar-refractivity contribution in [2.75, 3.05) is 5.32 Å². The predicted molar refractivity (Wildman–Crippen MR) is 61.7 cm³/mol. The quantitative estimate of drug-likeness (QED) is 0.709. The summed E-state index contributed by atoms with van der Waals surface area (Å²) < 4.78 is 1.57. The monoisotopic (exact) mass is 240 g/mol. The number of hydrogen-bond donors (Lipinski definition) is 3. The molecule has 0 aliphatic heterocycles. The van der Waals surface area contributed by atoms with Crippen molar-refractivity contribution in [1.82, 2.24) is 15.1 Å². The molecule has 0 radical (unpaired) electrons. The van der Waals surface area contributed by atoms with Crippen LogP contribution < -0.4 is 10.6 Å². The van der Waals surface area contributed by atoms with Gasteiger partial charge in [0.25, 0.3) is 0 Å². The lowest BCUT2D eigenvalue weighted by Gasteiger charge is -2.12. The summed E-state index contributed by atoms with van der Waals surface area (Å²) in [6, 6.07) is -0.557. The Bertz CT molecular complexity index is 402. The SMILES string of the molecule is CC(CCC(=O)O)NC(=O)Nc1cnn(C)c1. The van der Waals surface area contributed by atoms with Crippen LogP contribution in [0.15, 0.2) is 12.4 Å². The molecule has 0 saturated carbocycles. The second-order valence-electron chi connectivity index (χ2n) is 3.83. The first-order valence-electron chi connectivity index (χ1n) is 5.25. The molecule has 0 bridgehead atoms. The van der Waals surface area contributed by atoms with Gasteiger partial charge < -0.3 is 15.7 Å². The lowest BCUT2D eigenvalue weighted by atomic mass is 10.2. The van der Waals surface area contributed by atoms with E-state index < -0.39 is 5.97 Å². The highest BCUT2D eigenvalue weighted by atomic mass is 16.4. The second-order valence-corrected chi connectivity index (χ2v) is 3.83. The third-order valence-electron chi connectivity index (χ3n) is 2.13. The zero-order chi connectivity index (χ0) is 12.8. The number of carbonyl (C=O) groups is 2. The Morgan fingerprint density at radius 2 is 2.29 bits per heavy atom. The minimum absolute atomic E-state index is 0.0361. The van der Waals surface area contributed by atoms with E-state index in [-0.39, 0.29) is 18.5 Å². The number of aliphatic carboxylic acids is 1. The maximum atomic E-state index is 11.5. The summed E-state index contributed by atoms with van der Waals surface area (Å²) in [5, 5.41) is 17.6. The van der Waals surface area contributed by atoms with Crippen molar-refractivity contribution < 1.29 is 14.7 Å². The highest BCUT2D eigenvalue weighted by Crippen LogP contribution is 2.03. The molecule has 2 amide bonds. The number of amides is 2. The normalized spacial score (nSPS) is 11.9. The standard InChI is InChI=1S/C10H16N4O3/c1-7(3-4-9(15)16)12-10(17)13-8-5-11-14(2)6-8/h5-7H,3-4H2,1-2H3,(H,15,16)(H2,12,13,17). The average molecular weight is 240 g/mol. The maximum Gasteiger partial charge on any atom is 0.319 e. The first-order valence-corrected chi connectivity index (χ1v) is 5.25. The number of urea groups is 1. The maximum absolute atomic E-state index is 11.5. The predicted octanol–water partition coefficient (Wildman–Crippen LogP) is 0.795. The molecule has 17 heavy (non-hydrogen) atoms. The molecular formula is C10H16N4O3. The molecule has 7 heteroatoms. The van der Waals surface area contributed by atoms with Crippen molar-refractivity contribution >= 4 is 17.7 Å². The Kier molecular flexibility index (Phi) is 4.50. The molecule has 7 nitrogen and oxygen atoms in total. The van der Waals surface area contributed by atoms with Gasteiger partial charge in [0.15, 0.2) is 0 Å². The number of hydrogen-bond acceptors (Lipinski definition) is 3. The molecule has 0 spiro atoms. The third-order valence-corrected chi connectivity index (χ3v) is 2.13. The number of aromatic nitrogens is 2. The number of rotatable bonds is 5. The molecule has 0 aliphatic carbocycles. The zero-order valence-corrected chi connectivity index (χ0v) is 9.80. The summed E-state index contributed by atoms with van der Waals surface area (Å²) in [6.45, 7) is 1.76. The van der Waals surface area contributed by atoms with Crippen LogP contribution in [0.3, 0.4) is 0 Å². The number of nitrogens with zero attached hydrogens (tertiary/aromatic N) is 2. The smallest absolute Gasteiger partial charge is 0.319 e. The van der Waals surface area contributed by atoms with Crippen molar-refractivity contribution in [1.29, 1.82) is 0 Å².